The number of benzene rings is 2. The number of hydrogen-bond donors (Lipinski definition) is 1. The van der Waals surface area contributed by atoms with E-state index < -0.39 is 5.97 Å². The van der Waals surface area contributed by atoms with Gasteiger partial charge in [0.05, 0.1) is 5.92 Å². The van der Waals surface area contributed by atoms with Crippen molar-refractivity contribution >= 4 is 36.2 Å². The Kier molecular flexibility index (Phi) is 10.1. The smallest absolute Gasteiger partial charge is 0.306 e. The molecule has 1 aliphatic heterocycles. The zero-order valence-corrected chi connectivity index (χ0v) is 23.3. The number of nitrogens with zero attached hydrogens (tertiary/aromatic N) is 3. The van der Waals surface area contributed by atoms with E-state index in [1.807, 2.05) is 5.06 Å². The third-order valence-electron chi connectivity index (χ3n) is 7.38. The van der Waals surface area contributed by atoms with Crippen molar-refractivity contribution in [2.45, 2.75) is 58.8 Å². The van der Waals surface area contributed by atoms with Gasteiger partial charge in [-0.2, -0.15) is 9.46 Å². The van der Waals surface area contributed by atoms with Crippen LogP contribution in [0.3, 0.4) is 0 Å². The first-order chi connectivity index (χ1) is 16.9. The van der Waals surface area contributed by atoms with Gasteiger partial charge in [-0.1, -0.05) is 31.2 Å². The average molecular weight is 532 g/mol. The summed E-state index contributed by atoms with van der Waals surface area (Å²) in [6.45, 7) is 8.51. The molecule has 8 heteroatoms. The van der Waals surface area contributed by atoms with E-state index in [-0.39, 0.29) is 18.3 Å². The summed E-state index contributed by atoms with van der Waals surface area (Å²) in [6, 6.07) is 12.9. The number of carboxylic acid groups (broad SMARTS) is 1. The molecule has 2 aliphatic rings. The minimum atomic E-state index is -0.658. The summed E-state index contributed by atoms with van der Waals surface area (Å²) in [6.07, 6.45) is 4.33. The first-order valence-electron chi connectivity index (χ1n) is 12.6. The zero-order valence-electron chi connectivity index (χ0n) is 21.7. The van der Waals surface area contributed by atoms with Crippen LogP contribution in [0, 0.1) is 19.8 Å². The van der Waals surface area contributed by atoms with Gasteiger partial charge in [-0.15, -0.1) is 12.4 Å². The van der Waals surface area contributed by atoms with Crippen molar-refractivity contribution in [2.24, 2.45) is 10.3 Å². The minimum absolute atomic E-state index is 0. The maximum absolute atomic E-state index is 11.3. The second-order valence-electron chi connectivity index (χ2n) is 9.85. The van der Waals surface area contributed by atoms with Gasteiger partial charge in [-0.05, 0) is 99.8 Å². The monoisotopic (exact) mass is 531 g/mol. The molecule has 2 aromatic rings. The van der Waals surface area contributed by atoms with Crippen molar-refractivity contribution in [2.75, 3.05) is 26.0 Å². The fourth-order valence-electron chi connectivity index (χ4n) is 4.96. The van der Waals surface area contributed by atoms with Crippen LogP contribution in [0.4, 0.5) is 0 Å². The zero-order chi connectivity index (χ0) is 24.9. The summed E-state index contributed by atoms with van der Waals surface area (Å²) >= 11 is 1.50. The number of aliphatic carboxylic acids is 1. The Balaban J connectivity index is 0.00000361. The van der Waals surface area contributed by atoms with E-state index in [9.17, 15) is 9.90 Å². The molecule has 0 bridgehead atoms. The van der Waals surface area contributed by atoms with Crippen LogP contribution in [-0.2, 0) is 11.2 Å². The van der Waals surface area contributed by atoms with Gasteiger partial charge in [0.1, 0.15) is 5.88 Å². The second-order valence-corrected chi connectivity index (χ2v) is 10.5. The number of rotatable bonds is 9. The molecule has 1 N–H and O–H groups in total. The van der Waals surface area contributed by atoms with Crippen LogP contribution in [0.25, 0.3) is 0 Å². The molecule has 0 unspecified atom stereocenters. The van der Waals surface area contributed by atoms with E-state index in [1.165, 1.54) is 34.2 Å². The molecule has 1 aliphatic carbocycles. The van der Waals surface area contributed by atoms with Gasteiger partial charge in [0.25, 0.3) is 0 Å². The molecule has 0 aromatic heterocycles. The molecule has 0 spiro atoms. The van der Waals surface area contributed by atoms with Crippen LogP contribution in [0.1, 0.15) is 66.3 Å². The maximum atomic E-state index is 11.3. The Morgan fingerprint density at radius 3 is 2.64 bits per heavy atom. The average Bonchev–Trinajstić information content (AvgIpc) is 3.33. The number of halogens is 1. The second kappa shape index (κ2) is 12.8. The van der Waals surface area contributed by atoms with Crippen molar-refractivity contribution in [3.8, 4) is 5.75 Å². The Bertz CT molecular complexity index is 1090. The SMILES string of the molecule is CCN(C)CCc1cc(C)cc(ON2CSN=C2c2cccc(C3CCC(C(=O)O)CC3)c2)c1C.Cl. The highest BCUT2D eigenvalue weighted by atomic mass is 35.5. The number of likely N-dealkylation sites (N-methyl/N-ethyl adjacent to an activating group) is 1. The fraction of sp³-hybridized carbons (Fsp3) is 0.500. The highest BCUT2D eigenvalue weighted by Gasteiger charge is 2.28. The molecule has 4 rings (SSSR count). The Morgan fingerprint density at radius 2 is 1.94 bits per heavy atom. The quantitative estimate of drug-likeness (QED) is 0.386. The molecule has 1 saturated carbocycles. The van der Waals surface area contributed by atoms with E-state index in [2.05, 4.69) is 69.1 Å². The maximum Gasteiger partial charge on any atom is 0.306 e. The molecule has 0 saturated heterocycles. The molecular formula is C28H38ClN3O3S. The summed E-state index contributed by atoms with van der Waals surface area (Å²) in [7, 11) is 2.15. The molecule has 1 heterocycles. The molecule has 2 aromatic carbocycles. The third kappa shape index (κ3) is 6.75. The van der Waals surface area contributed by atoms with Gasteiger partial charge in [0, 0.05) is 24.1 Å². The third-order valence-corrected chi connectivity index (χ3v) is 8.03. The molecule has 1 fully saturated rings. The van der Waals surface area contributed by atoms with Gasteiger partial charge in [-0.25, -0.2) is 0 Å². The molecule has 6 nitrogen and oxygen atoms in total. The number of aryl methyl sites for hydroxylation is 1. The van der Waals surface area contributed by atoms with Crippen molar-refractivity contribution < 1.29 is 14.7 Å². The van der Waals surface area contributed by atoms with Crippen LogP contribution >= 0.6 is 24.4 Å². The predicted molar refractivity (Wildman–Crippen MR) is 150 cm³/mol. The van der Waals surface area contributed by atoms with Crippen molar-refractivity contribution in [1.29, 1.82) is 0 Å². The molecule has 0 radical (unpaired) electrons. The first kappa shape index (κ1) is 28.4. The first-order valence-corrected chi connectivity index (χ1v) is 13.6. The van der Waals surface area contributed by atoms with E-state index in [0.717, 1.165) is 62.3 Å². The van der Waals surface area contributed by atoms with Gasteiger partial charge < -0.3 is 14.8 Å². The fourth-order valence-corrected chi connectivity index (χ4v) is 5.62. The highest BCUT2D eigenvalue weighted by Crippen LogP contribution is 2.37. The van der Waals surface area contributed by atoms with E-state index in [0.29, 0.717) is 11.8 Å². The van der Waals surface area contributed by atoms with Gasteiger partial charge in [-0.3, -0.25) is 4.79 Å². The molecule has 36 heavy (non-hydrogen) atoms. The van der Waals surface area contributed by atoms with Crippen molar-refractivity contribution in [1.82, 2.24) is 9.96 Å². The van der Waals surface area contributed by atoms with Crippen LogP contribution in [-0.4, -0.2) is 52.9 Å². The van der Waals surface area contributed by atoms with Crippen LogP contribution < -0.4 is 4.84 Å². The van der Waals surface area contributed by atoms with Crippen LogP contribution in [0.5, 0.6) is 5.75 Å². The number of carboxylic acids is 1. The summed E-state index contributed by atoms with van der Waals surface area (Å²) in [5, 5.41) is 11.2. The summed E-state index contributed by atoms with van der Waals surface area (Å²) in [5.41, 5.74) is 6.01. The summed E-state index contributed by atoms with van der Waals surface area (Å²) in [5.74, 6) is 1.91. The number of hydroxylamine groups is 2. The Morgan fingerprint density at radius 1 is 1.19 bits per heavy atom. The Labute approximate surface area is 225 Å². The molecule has 0 atom stereocenters. The van der Waals surface area contributed by atoms with Crippen LogP contribution in [0.2, 0.25) is 0 Å². The van der Waals surface area contributed by atoms with Crippen LogP contribution in [0.15, 0.2) is 40.8 Å². The lowest BCUT2D eigenvalue weighted by Crippen LogP contribution is -2.31. The van der Waals surface area contributed by atoms with E-state index in [1.54, 1.807) is 0 Å². The van der Waals surface area contributed by atoms with Crippen molar-refractivity contribution in [3.05, 3.63) is 64.2 Å². The standard InChI is InChI=1S/C28H37N3O3S.ClH/c1-5-30(4)14-13-23-15-19(2)16-26(20(23)3)34-31-18-35-29-27(31)25-8-6-7-24(17-25)21-9-11-22(12-10-21)28(32)33;/h6-8,15-17,21-22H,5,9-14,18H2,1-4H3,(H,32,33);1H. The molecular weight excluding hydrogens is 494 g/mol. The predicted octanol–water partition coefficient (Wildman–Crippen LogP) is 6.24. The number of carbonyl (C=O) groups is 1. The Hall–Kier alpha value is -2.22. The topological polar surface area (TPSA) is 65.4 Å². The van der Waals surface area contributed by atoms with Gasteiger partial charge in [0.15, 0.2) is 11.6 Å². The van der Waals surface area contributed by atoms with Crippen molar-refractivity contribution in [3.63, 3.8) is 0 Å². The van der Waals surface area contributed by atoms with E-state index in [4.69, 9.17) is 9.24 Å². The molecule has 0 amide bonds. The normalized spacial score (nSPS) is 19.7. The largest absolute Gasteiger partial charge is 0.481 e. The molecule has 196 valence electrons. The number of amidine groups is 1. The highest BCUT2D eigenvalue weighted by molar-refractivity contribution is 7.98. The number of hydrogen-bond acceptors (Lipinski definition) is 6. The minimum Gasteiger partial charge on any atom is -0.481 e. The lowest BCUT2D eigenvalue weighted by molar-refractivity contribution is -0.142. The van der Waals surface area contributed by atoms with Gasteiger partial charge >= 0.3 is 5.97 Å². The lowest BCUT2D eigenvalue weighted by atomic mass is 9.78. The summed E-state index contributed by atoms with van der Waals surface area (Å²) < 4.78 is 4.70. The van der Waals surface area contributed by atoms with Gasteiger partial charge in [0.2, 0.25) is 0 Å². The lowest BCUT2D eigenvalue weighted by Gasteiger charge is -2.27. The van der Waals surface area contributed by atoms with E-state index >= 15 is 0 Å². The summed E-state index contributed by atoms with van der Waals surface area (Å²) in [4.78, 5) is 20.1.